The third kappa shape index (κ3) is 5.24. The van der Waals surface area contributed by atoms with E-state index >= 15 is 0 Å². The molecule has 0 fully saturated rings. The van der Waals surface area contributed by atoms with Crippen LogP contribution in [0.3, 0.4) is 0 Å². The Kier molecular flexibility index (Phi) is 6.39. The van der Waals surface area contributed by atoms with Crippen LogP contribution in [0.15, 0.2) is 53.7 Å². The van der Waals surface area contributed by atoms with Crippen molar-refractivity contribution in [2.24, 2.45) is 5.18 Å². The van der Waals surface area contributed by atoms with Crippen molar-refractivity contribution in [3.63, 3.8) is 0 Å². The molecule has 6 nitrogen and oxygen atoms in total. The average Bonchev–Trinajstić information content (AvgIpc) is 2.62. The molecule has 6 heteroatoms. The highest BCUT2D eigenvalue weighted by Gasteiger charge is 2.13. The van der Waals surface area contributed by atoms with Gasteiger partial charge in [0.25, 0.3) is 5.91 Å². The van der Waals surface area contributed by atoms with Gasteiger partial charge in [-0.05, 0) is 41.8 Å². The van der Waals surface area contributed by atoms with Crippen LogP contribution in [0.25, 0.3) is 11.1 Å². The van der Waals surface area contributed by atoms with Gasteiger partial charge >= 0.3 is 5.97 Å². The highest BCUT2D eigenvalue weighted by Crippen LogP contribution is 2.21. The standard InChI is InChI=1S/C19H20N2O4/c1-13(10-18(22)25-2)21-19(23)16-8-6-15(7-9-16)17-5-3-4-14(11-17)12-20-24/h3-9,11,13H,10,12H2,1-2H3,(H,21,23). The van der Waals surface area contributed by atoms with Crippen molar-refractivity contribution in [1.29, 1.82) is 0 Å². The maximum atomic E-state index is 12.2. The molecule has 0 aliphatic heterocycles. The molecule has 0 aromatic heterocycles. The zero-order chi connectivity index (χ0) is 18.2. The summed E-state index contributed by atoms with van der Waals surface area (Å²) >= 11 is 0. The Morgan fingerprint density at radius 1 is 1.12 bits per heavy atom. The number of methoxy groups -OCH3 is 1. The van der Waals surface area contributed by atoms with Gasteiger partial charge in [-0.1, -0.05) is 35.5 Å². The number of carbonyl (C=O) groups is 2. The van der Waals surface area contributed by atoms with Crippen LogP contribution < -0.4 is 5.32 Å². The van der Waals surface area contributed by atoms with Crippen LogP contribution in [-0.4, -0.2) is 25.0 Å². The highest BCUT2D eigenvalue weighted by molar-refractivity contribution is 5.95. The Balaban J connectivity index is 2.06. The molecule has 1 N–H and O–H groups in total. The van der Waals surface area contributed by atoms with Gasteiger partial charge in [0.2, 0.25) is 0 Å². The molecule has 2 aromatic carbocycles. The largest absolute Gasteiger partial charge is 0.469 e. The molecule has 0 aliphatic carbocycles. The summed E-state index contributed by atoms with van der Waals surface area (Å²) in [6.45, 7) is 1.88. The maximum absolute atomic E-state index is 12.2. The average molecular weight is 340 g/mol. The van der Waals surface area contributed by atoms with Crippen molar-refractivity contribution in [3.8, 4) is 11.1 Å². The molecule has 1 unspecified atom stereocenters. The predicted molar refractivity (Wildman–Crippen MR) is 94.9 cm³/mol. The number of rotatable bonds is 7. The Bertz CT molecular complexity index is 756. The van der Waals surface area contributed by atoms with Crippen LogP contribution in [0.1, 0.15) is 29.3 Å². The second-order valence-corrected chi connectivity index (χ2v) is 5.72. The van der Waals surface area contributed by atoms with E-state index in [2.05, 4.69) is 15.2 Å². The van der Waals surface area contributed by atoms with Gasteiger partial charge in [-0.25, -0.2) is 0 Å². The highest BCUT2D eigenvalue weighted by atomic mass is 16.5. The molecule has 0 bridgehead atoms. The van der Waals surface area contributed by atoms with Crippen molar-refractivity contribution in [1.82, 2.24) is 5.32 Å². The molecule has 0 aliphatic rings. The summed E-state index contributed by atoms with van der Waals surface area (Å²) in [5.74, 6) is -0.616. The Labute approximate surface area is 146 Å². The topological polar surface area (TPSA) is 84.8 Å². The zero-order valence-corrected chi connectivity index (χ0v) is 14.2. The Morgan fingerprint density at radius 3 is 2.48 bits per heavy atom. The molecule has 1 amide bonds. The van der Waals surface area contributed by atoms with Gasteiger partial charge in [-0.2, -0.15) is 4.91 Å². The minimum absolute atomic E-state index is 0.123. The molecule has 1 atom stereocenters. The zero-order valence-electron chi connectivity index (χ0n) is 14.2. The number of hydrogen-bond donors (Lipinski definition) is 1. The number of esters is 1. The molecule has 0 saturated carbocycles. The molecule has 0 radical (unpaired) electrons. The molecule has 0 heterocycles. The predicted octanol–water partition coefficient (Wildman–Crippen LogP) is 3.30. The monoisotopic (exact) mass is 340 g/mol. The first-order valence-electron chi connectivity index (χ1n) is 7.89. The van der Waals surface area contributed by atoms with Gasteiger partial charge in [0.15, 0.2) is 0 Å². The fourth-order valence-electron chi connectivity index (χ4n) is 2.43. The van der Waals surface area contributed by atoms with Crippen LogP contribution in [-0.2, 0) is 16.1 Å². The first-order valence-corrected chi connectivity index (χ1v) is 7.89. The number of nitroso groups, excluding NO2 is 1. The Hall–Kier alpha value is -3.02. The lowest BCUT2D eigenvalue weighted by Gasteiger charge is -2.13. The van der Waals surface area contributed by atoms with Gasteiger partial charge < -0.3 is 10.1 Å². The molecule has 2 aromatic rings. The van der Waals surface area contributed by atoms with E-state index in [-0.39, 0.29) is 30.9 Å². The molecule has 0 spiro atoms. The minimum Gasteiger partial charge on any atom is -0.469 e. The van der Waals surface area contributed by atoms with Gasteiger partial charge in [0.1, 0.15) is 6.54 Å². The smallest absolute Gasteiger partial charge is 0.307 e. The summed E-state index contributed by atoms with van der Waals surface area (Å²) in [4.78, 5) is 33.8. The van der Waals surface area contributed by atoms with E-state index in [0.717, 1.165) is 16.7 Å². The van der Waals surface area contributed by atoms with E-state index < -0.39 is 0 Å². The summed E-state index contributed by atoms with van der Waals surface area (Å²) in [6, 6.07) is 14.4. The molecule has 25 heavy (non-hydrogen) atoms. The third-order valence-corrected chi connectivity index (χ3v) is 3.73. The number of carbonyl (C=O) groups excluding carboxylic acids is 2. The van der Waals surface area contributed by atoms with Gasteiger partial charge in [-0.15, -0.1) is 0 Å². The summed E-state index contributed by atoms with van der Waals surface area (Å²) < 4.78 is 4.58. The molecular weight excluding hydrogens is 320 g/mol. The quantitative estimate of drug-likeness (QED) is 0.619. The molecule has 130 valence electrons. The van der Waals surface area contributed by atoms with E-state index in [0.29, 0.717) is 5.56 Å². The fraction of sp³-hybridized carbons (Fsp3) is 0.263. The SMILES string of the molecule is COC(=O)CC(C)NC(=O)c1ccc(-c2cccc(CN=O)c2)cc1. The third-order valence-electron chi connectivity index (χ3n) is 3.73. The van der Waals surface area contributed by atoms with E-state index in [1.165, 1.54) is 7.11 Å². The van der Waals surface area contributed by atoms with Crippen LogP contribution in [0.5, 0.6) is 0 Å². The van der Waals surface area contributed by atoms with Crippen molar-refractivity contribution in [2.45, 2.75) is 25.9 Å². The summed E-state index contributed by atoms with van der Waals surface area (Å²) in [5, 5.41) is 5.66. The van der Waals surface area contributed by atoms with E-state index in [1.54, 1.807) is 19.1 Å². The molecule has 2 rings (SSSR count). The molecular formula is C19H20N2O4. The lowest BCUT2D eigenvalue weighted by Crippen LogP contribution is -2.34. The van der Waals surface area contributed by atoms with E-state index in [9.17, 15) is 14.5 Å². The fourth-order valence-corrected chi connectivity index (χ4v) is 2.43. The van der Waals surface area contributed by atoms with Crippen molar-refractivity contribution in [2.75, 3.05) is 7.11 Å². The number of nitrogens with zero attached hydrogens (tertiary/aromatic N) is 1. The van der Waals surface area contributed by atoms with Crippen LogP contribution in [0.4, 0.5) is 0 Å². The molecule has 0 saturated heterocycles. The van der Waals surface area contributed by atoms with Crippen molar-refractivity contribution >= 4 is 11.9 Å². The van der Waals surface area contributed by atoms with E-state index in [1.807, 2.05) is 36.4 Å². The van der Waals surface area contributed by atoms with Crippen molar-refractivity contribution < 1.29 is 14.3 Å². The summed E-state index contributed by atoms with van der Waals surface area (Å²) in [6.07, 6.45) is 0.123. The van der Waals surface area contributed by atoms with Crippen LogP contribution >= 0.6 is 0 Å². The first kappa shape index (κ1) is 18.3. The maximum Gasteiger partial charge on any atom is 0.307 e. The number of ether oxygens (including phenoxy) is 1. The number of nitrogens with one attached hydrogen (secondary N) is 1. The van der Waals surface area contributed by atoms with Gasteiger partial charge in [0, 0.05) is 11.6 Å². The minimum atomic E-state index is -0.368. The number of hydrogen-bond acceptors (Lipinski definition) is 5. The lowest BCUT2D eigenvalue weighted by atomic mass is 10.0. The van der Waals surface area contributed by atoms with Crippen molar-refractivity contribution in [3.05, 3.63) is 64.6 Å². The first-order chi connectivity index (χ1) is 12.0. The van der Waals surface area contributed by atoms with E-state index in [4.69, 9.17) is 0 Å². The summed E-state index contributed by atoms with van der Waals surface area (Å²) in [7, 11) is 1.32. The second-order valence-electron chi connectivity index (χ2n) is 5.72. The van der Waals surface area contributed by atoms with Gasteiger partial charge in [0.05, 0.1) is 13.5 Å². The normalized spacial score (nSPS) is 11.4. The summed E-state index contributed by atoms with van der Waals surface area (Å²) in [5.41, 5.74) is 3.23. The van der Waals surface area contributed by atoms with Crippen LogP contribution in [0, 0.1) is 4.91 Å². The number of benzene rings is 2. The lowest BCUT2D eigenvalue weighted by molar-refractivity contribution is -0.141. The van der Waals surface area contributed by atoms with Gasteiger partial charge in [-0.3, -0.25) is 9.59 Å². The second kappa shape index (κ2) is 8.73. The van der Waals surface area contributed by atoms with Crippen LogP contribution in [0.2, 0.25) is 0 Å². The number of amides is 1. The Morgan fingerprint density at radius 2 is 1.84 bits per heavy atom.